The van der Waals surface area contributed by atoms with Crippen LogP contribution in [-0.4, -0.2) is 0 Å². The molecule has 0 aliphatic heterocycles. The van der Waals surface area contributed by atoms with E-state index < -0.39 is 0 Å². The standard InChI is InChI=1S/C23H25.3ClH.Ti/c1-15-8-6-10-20(12-15)23(21-11-7-9-16(2)13-21)22-18(4)14-17(3)19(22)5;;;;/h6-13,18,23H,1-5H3;3*1H;/q;;;;+3/p-3. The first-order valence-electron chi connectivity index (χ1n) is 8.66. The number of rotatable bonds is 3. The summed E-state index contributed by atoms with van der Waals surface area (Å²) in [5, 5.41) is 0. The van der Waals surface area contributed by atoms with Crippen molar-refractivity contribution in [3.8, 4) is 0 Å². The molecule has 4 heteroatoms. The molecule has 27 heavy (non-hydrogen) atoms. The molecule has 0 saturated carbocycles. The van der Waals surface area contributed by atoms with Crippen molar-refractivity contribution in [3.05, 3.63) is 91.4 Å². The van der Waals surface area contributed by atoms with E-state index in [-0.39, 0.29) is 37.2 Å². The number of aryl methyl sites for hydroxylation is 2. The van der Waals surface area contributed by atoms with Gasteiger partial charge < -0.3 is 37.2 Å². The van der Waals surface area contributed by atoms with Gasteiger partial charge in [-0.15, -0.1) is 0 Å². The van der Waals surface area contributed by atoms with Crippen LogP contribution in [0.15, 0.2) is 69.1 Å². The molecule has 0 heterocycles. The Balaban J connectivity index is 0.00000225. The molecule has 1 atom stereocenters. The Kier molecular flexibility index (Phi) is 10.7. The van der Waals surface area contributed by atoms with Crippen molar-refractivity contribution in [1.82, 2.24) is 0 Å². The molecule has 0 spiro atoms. The average molecular weight is 456 g/mol. The first kappa shape index (κ1) is 26.5. The monoisotopic (exact) mass is 454 g/mol. The molecule has 1 aliphatic rings. The van der Waals surface area contributed by atoms with Gasteiger partial charge in [0.2, 0.25) is 0 Å². The molecule has 3 rings (SSSR count). The second-order valence-electron chi connectivity index (χ2n) is 7.10. The van der Waals surface area contributed by atoms with Crippen molar-refractivity contribution in [2.45, 2.75) is 40.5 Å². The van der Waals surface area contributed by atoms with Crippen LogP contribution in [0.5, 0.6) is 0 Å². The zero-order chi connectivity index (χ0) is 17.4. The van der Waals surface area contributed by atoms with Crippen LogP contribution in [0.4, 0.5) is 0 Å². The Hall–Kier alpha value is -0.496. The van der Waals surface area contributed by atoms with E-state index in [1.54, 1.807) is 5.57 Å². The van der Waals surface area contributed by atoms with Crippen LogP contribution in [0.1, 0.15) is 48.9 Å². The van der Waals surface area contributed by atoms with Crippen molar-refractivity contribution in [2.24, 2.45) is 5.92 Å². The van der Waals surface area contributed by atoms with E-state index in [1.807, 2.05) is 0 Å². The summed E-state index contributed by atoms with van der Waals surface area (Å²) in [6.45, 7) is 11.3. The minimum atomic E-state index is 0. The van der Waals surface area contributed by atoms with Crippen molar-refractivity contribution in [3.63, 3.8) is 0 Å². The molecular weight excluding hydrogens is 430 g/mol. The predicted molar refractivity (Wildman–Crippen MR) is 98.8 cm³/mol. The van der Waals surface area contributed by atoms with Gasteiger partial charge in [0.05, 0.1) is 0 Å². The van der Waals surface area contributed by atoms with Crippen LogP contribution >= 0.6 is 0 Å². The number of halogens is 3. The summed E-state index contributed by atoms with van der Waals surface area (Å²) in [5.74, 6) is 0.850. The summed E-state index contributed by atoms with van der Waals surface area (Å²) in [5.41, 5.74) is 10.00. The minimum Gasteiger partial charge on any atom is -1.00 e. The Morgan fingerprint density at radius 1 is 0.741 bits per heavy atom. The van der Waals surface area contributed by atoms with Gasteiger partial charge in [-0.25, -0.2) is 0 Å². The average Bonchev–Trinajstić information content (AvgIpc) is 2.73. The summed E-state index contributed by atoms with van der Waals surface area (Å²) >= 11 is 2.29. The topological polar surface area (TPSA) is 0 Å². The molecule has 142 valence electrons. The van der Waals surface area contributed by atoms with Crippen molar-refractivity contribution < 1.29 is 57.7 Å². The van der Waals surface area contributed by atoms with Gasteiger partial charge >= 0.3 is 158 Å². The maximum atomic E-state index is 2.36. The zero-order valence-corrected chi connectivity index (χ0v) is 20.2. The fraction of sp³-hybridized carbons (Fsp3) is 0.304. The zero-order valence-electron chi connectivity index (χ0n) is 16.4. The van der Waals surface area contributed by atoms with Crippen LogP contribution in [0.3, 0.4) is 0 Å². The van der Waals surface area contributed by atoms with E-state index in [4.69, 9.17) is 0 Å². The van der Waals surface area contributed by atoms with Crippen molar-refractivity contribution >= 4 is 0 Å². The third-order valence-corrected chi connectivity index (χ3v) is 6.62. The van der Waals surface area contributed by atoms with E-state index in [9.17, 15) is 0 Å². The van der Waals surface area contributed by atoms with Gasteiger partial charge in [-0.3, -0.25) is 0 Å². The predicted octanol–water partition coefficient (Wildman–Crippen LogP) is -2.77. The fourth-order valence-electron chi connectivity index (χ4n) is 3.94. The Morgan fingerprint density at radius 3 is 1.52 bits per heavy atom. The normalized spacial score (nSPS) is 16.1. The van der Waals surface area contributed by atoms with Crippen molar-refractivity contribution in [2.75, 3.05) is 0 Å². The van der Waals surface area contributed by atoms with Gasteiger partial charge in [0, 0.05) is 0 Å². The summed E-state index contributed by atoms with van der Waals surface area (Å²) in [6, 6.07) is 18.0. The molecule has 0 saturated heterocycles. The van der Waals surface area contributed by atoms with E-state index in [0.29, 0.717) is 11.8 Å². The maximum Gasteiger partial charge on any atom is -1.00 e. The molecule has 0 radical (unpaired) electrons. The van der Waals surface area contributed by atoms with E-state index >= 15 is 0 Å². The molecule has 2 aromatic carbocycles. The second kappa shape index (κ2) is 10.9. The van der Waals surface area contributed by atoms with Crippen LogP contribution < -0.4 is 37.2 Å². The smallest absolute Gasteiger partial charge is 1.00 e. The summed E-state index contributed by atoms with van der Waals surface area (Å²) in [6.07, 6.45) is 0. The third-order valence-electron chi connectivity index (χ3n) is 5.36. The Morgan fingerprint density at radius 2 is 1.19 bits per heavy atom. The van der Waals surface area contributed by atoms with Gasteiger partial charge in [-0.1, -0.05) is 0 Å². The van der Waals surface area contributed by atoms with Gasteiger partial charge in [0.15, 0.2) is 0 Å². The second-order valence-corrected chi connectivity index (χ2v) is 7.94. The Labute approximate surface area is 194 Å². The summed E-state index contributed by atoms with van der Waals surface area (Å²) in [4.78, 5) is 0. The first-order chi connectivity index (χ1) is 11.4. The Bertz CT molecular complexity index is 807. The molecule has 1 aliphatic carbocycles. The van der Waals surface area contributed by atoms with E-state index in [1.165, 1.54) is 37.3 Å². The molecule has 2 aromatic rings. The quantitative estimate of drug-likeness (QED) is 0.440. The van der Waals surface area contributed by atoms with Gasteiger partial charge in [0.25, 0.3) is 0 Å². The molecular formula is C23H25Cl3Ti. The van der Waals surface area contributed by atoms with Crippen LogP contribution in [0.2, 0.25) is 0 Å². The number of allylic oxidation sites excluding steroid dienone is 4. The molecule has 0 fully saturated rings. The molecule has 1 unspecified atom stereocenters. The summed E-state index contributed by atoms with van der Waals surface area (Å²) < 4.78 is 1.52. The molecule has 0 amide bonds. The molecule has 0 aromatic heterocycles. The van der Waals surface area contributed by atoms with Crippen LogP contribution in [0.25, 0.3) is 0 Å². The minimum absolute atomic E-state index is 0. The van der Waals surface area contributed by atoms with E-state index in [2.05, 4.69) is 104 Å². The van der Waals surface area contributed by atoms with Crippen molar-refractivity contribution in [1.29, 1.82) is 0 Å². The maximum absolute atomic E-state index is 2.36. The summed E-state index contributed by atoms with van der Waals surface area (Å²) in [7, 11) is 0. The fourth-order valence-corrected chi connectivity index (χ4v) is 4.48. The number of hydrogen-bond acceptors (Lipinski definition) is 0. The van der Waals surface area contributed by atoms with E-state index in [0.717, 1.165) is 0 Å². The van der Waals surface area contributed by atoms with Gasteiger partial charge in [-0.2, -0.15) is 0 Å². The SMILES string of the molecule is CC1=[C]([Ti+3])C(C)C(C(c2cccc(C)c2)c2cccc(C)c2)=C1C.[Cl-].[Cl-].[Cl-]. The third kappa shape index (κ3) is 5.31. The van der Waals surface area contributed by atoms with Gasteiger partial charge in [0.1, 0.15) is 0 Å². The van der Waals surface area contributed by atoms with Gasteiger partial charge in [-0.05, 0) is 0 Å². The molecule has 0 nitrogen and oxygen atoms in total. The van der Waals surface area contributed by atoms with Crippen LogP contribution in [0, 0.1) is 19.8 Å². The van der Waals surface area contributed by atoms with Crippen LogP contribution in [-0.2, 0) is 20.4 Å². The largest absolute Gasteiger partial charge is 1.00 e. The first-order valence-corrected chi connectivity index (χ1v) is 9.44. The molecule has 0 bridgehead atoms. The number of hydrogen-bond donors (Lipinski definition) is 0. The number of benzene rings is 2. The molecule has 0 N–H and O–H groups in total.